The Morgan fingerprint density at radius 3 is 2.82 bits per heavy atom. The fraction of sp³-hybridized carbons (Fsp3) is 0.500. The van der Waals surface area contributed by atoms with Crippen molar-refractivity contribution in [2.24, 2.45) is 0 Å². The second-order valence-electron chi connectivity index (χ2n) is 4.54. The first kappa shape index (κ1) is 11.9. The van der Waals surface area contributed by atoms with Crippen molar-refractivity contribution in [3.05, 3.63) is 24.0 Å². The standard InChI is InChI=1S/C12H17N3O2/c13-9-4-3-7-14-10(9)11(17)15-12(8-16)5-1-2-6-12/h3-4,7,16H,1-2,5-6,8,13H2,(H,15,17). The van der Waals surface area contributed by atoms with Crippen LogP contribution in [-0.2, 0) is 0 Å². The number of aliphatic hydroxyl groups is 1. The summed E-state index contributed by atoms with van der Waals surface area (Å²) in [5.74, 6) is -0.306. The van der Waals surface area contributed by atoms with Gasteiger partial charge in [0.25, 0.3) is 5.91 Å². The molecule has 1 aliphatic rings. The molecule has 17 heavy (non-hydrogen) atoms. The number of rotatable bonds is 3. The maximum Gasteiger partial charge on any atom is 0.272 e. The summed E-state index contributed by atoms with van der Waals surface area (Å²) >= 11 is 0. The van der Waals surface area contributed by atoms with Crippen molar-refractivity contribution in [3.63, 3.8) is 0 Å². The lowest BCUT2D eigenvalue weighted by atomic mass is 9.98. The zero-order valence-electron chi connectivity index (χ0n) is 9.65. The first-order chi connectivity index (χ1) is 8.17. The van der Waals surface area contributed by atoms with Gasteiger partial charge in [0.2, 0.25) is 0 Å². The summed E-state index contributed by atoms with van der Waals surface area (Å²) in [5.41, 5.74) is 5.80. The minimum Gasteiger partial charge on any atom is -0.397 e. The molecule has 0 radical (unpaired) electrons. The molecular weight excluding hydrogens is 218 g/mol. The highest BCUT2D eigenvalue weighted by Crippen LogP contribution is 2.29. The normalized spacial score (nSPS) is 17.9. The van der Waals surface area contributed by atoms with Gasteiger partial charge < -0.3 is 16.2 Å². The number of hydrogen-bond acceptors (Lipinski definition) is 4. The van der Waals surface area contributed by atoms with E-state index in [1.165, 1.54) is 6.20 Å². The third-order valence-corrected chi connectivity index (χ3v) is 3.30. The van der Waals surface area contributed by atoms with Crippen molar-refractivity contribution in [3.8, 4) is 0 Å². The summed E-state index contributed by atoms with van der Waals surface area (Å²) in [6.45, 7) is -0.0362. The molecule has 0 unspecified atom stereocenters. The minimum atomic E-state index is -0.485. The average Bonchev–Trinajstić information content (AvgIpc) is 2.79. The summed E-state index contributed by atoms with van der Waals surface area (Å²) in [4.78, 5) is 16.0. The predicted molar refractivity (Wildman–Crippen MR) is 64.4 cm³/mol. The number of anilines is 1. The number of aromatic nitrogens is 1. The van der Waals surface area contributed by atoms with Crippen LogP contribution in [0.2, 0.25) is 0 Å². The van der Waals surface area contributed by atoms with Crippen molar-refractivity contribution in [1.82, 2.24) is 10.3 Å². The van der Waals surface area contributed by atoms with Crippen molar-refractivity contribution in [1.29, 1.82) is 0 Å². The molecule has 0 spiro atoms. The molecule has 1 aromatic rings. The number of hydrogen-bond donors (Lipinski definition) is 3. The Morgan fingerprint density at radius 2 is 2.24 bits per heavy atom. The van der Waals surface area contributed by atoms with Gasteiger partial charge in [0.15, 0.2) is 5.69 Å². The molecule has 1 amide bonds. The van der Waals surface area contributed by atoms with Crippen LogP contribution in [-0.4, -0.2) is 28.1 Å². The van der Waals surface area contributed by atoms with E-state index in [1.54, 1.807) is 12.1 Å². The summed E-state index contributed by atoms with van der Waals surface area (Å²) in [7, 11) is 0. The van der Waals surface area contributed by atoms with Crippen LogP contribution in [0, 0.1) is 0 Å². The van der Waals surface area contributed by atoms with Gasteiger partial charge in [-0.25, -0.2) is 4.98 Å². The summed E-state index contributed by atoms with van der Waals surface area (Å²) in [5, 5.41) is 12.3. The Balaban J connectivity index is 2.14. The summed E-state index contributed by atoms with van der Waals surface area (Å²) < 4.78 is 0. The molecule has 2 rings (SSSR count). The molecule has 0 aromatic carbocycles. The molecule has 4 N–H and O–H groups in total. The lowest BCUT2D eigenvalue weighted by Crippen LogP contribution is -2.49. The van der Waals surface area contributed by atoms with E-state index in [2.05, 4.69) is 10.3 Å². The molecule has 1 fully saturated rings. The number of carbonyl (C=O) groups is 1. The van der Waals surface area contributed by atoms with Crippen LogP contribution < -0.4 is 11.1 Å². The van der Waals surface area contributed by atoms with Gasteiger partial charge in [-0.15, -0.1) is 0 Å². The van der Waals surface area contributed by atoms with Gasteiger partial charge in [-0.3, -0.25) is 4.79 Å². The van der Waals surface area contributed by atoms with E-state index in [4.69, 9.17) is 5.73 Å². The Morgan fingerprint density at radius 1 is 1.53 bits per heavy atom. The molecule has 92 valence electrons. The molecule has 0 atom stereocenters. The monoisotopic (exact) mass is 235 g/mol. The van der Waals surface area contributed by atoms with Gasteiger partial charge in [0.05, 0.1) is 17.8 Å². The van der Waals surface area contributed by atoms with E-state index in [-0.39, 0.29) is 18.2 Å². The molecule has 1 heterocycles. The fourth-order valence-electron chi connectivity index (χ4n) is 2.28. The Bertz CT molecular complexity index is 414. The van der Waals surface area contributed by atoms with Crippen molar-refractivity contribution in [2.75, 3.05) is 12.3 Å². The molecular formula is C12H17N3O2. The van der Waals surface area contributed by atoms with E-state index in [0.29, 0.717) is 5.69 Å². The maximum atomic E-state index is 12.0. The van der Waals surface area contributed by atoms with Gasteiger partial charge in [0, 0.05) is 6.20 Å². The van der Waals surface area contributed by atoms with Crippen LogP contribution in [0.4, 0.5) is 5.69 Å². The second kappa shape index (κ2) is 4.71. The highest BCUT2D eigenvalue weighted by atomic mass is 16.3. The number of pyridine rings is 1. The zero-order valence-corrected chi connectivity index (χ0v) is 9.65. The zero-order chi connectivity index (χ0) is 12.3. The lowest BCUT2D eigenvalue weighted by molar-refractivity contribution is 0.0834. The number of nitrogens with one attached hydrogen (secondary N) is 1. The second-order valence-corrected chi connectivity index (χ2v) is 4.54. The first-order valence-electron chi connectivity index (χ1n) is 5.81. The lowest BCUT2D eigenvalue weighted by Gasteiger charge is -2.27. The quantitative estimate of drug-likeness (QED) is 0.719. The molecule has 0 aliphatic heterocycles. The van der Waals surface area contributed by atoms with Crippen molar-refractivity contribution in [2.45, 2.75) is 31.2 Å². The number of carbonyl (C=O) groups excluding carboxylic acids is 1. The maximum absolute atomic E-state index is 12.0. The highest BCUT2D eigenvalue weighted by Gasteiger charge is 2.35. The van der Waals surface area contributed by atoms with Crippen LogP contribution in [0.5, 0.6) is 0 Å². The summed E-state index contributed by atoms with van der Waals surface area (Å²) in [6.07, 6.45) is 5.20. The van der Waals surface area contributed by atoms with E-state index in [9.17, 15) is 9.90 Å². The van der Waals surface area contributed by atoms with Gasteiger partial charge >= 0.3 is 0 Å². The van der Waals surface area contributed by atoms with Gasteiger partial charge in [-0.1, -0.05) is 12.8 Å². The van der Waals surface area contributed by atoms with Crippen molar-refractivity contribution < 1.29 is 9.90 Å². The molecule has 5 nitrogen and oxygen atoms in total. The molecule has 1 aliphatic carbocycles. The number of nitrogen functional groups attached to an aromatic ring is 1. The number of nitrogens with zero attached hydrogens (tertiary/aromatic N) is 1. The smallest absolute Gasteiger partial charge is 0.272 e. The Hall–Kier alpha value is -1.62. The molecule has 1 saturated carbocycles. The van der Waals surface area contributed by atoms with Gasteiger partial charge in [-0.05, 0) is 25.0 Å². The van der Waals surface area contributed by atoms with E-state index < -0.39 is 5.54 Å². The molecule has 5 heteroatoms. The first-order valence-corrected chi connectivity index (χ1v) is 5.81. The molecule has 1 aromatic heterocycles. The average molecular weight is 235 g/mol. The SMILES string of the molecule is Nc1cccnc1C(=O)NC1(CO)CCCC1. The van der Waals surface area contributed by atoms with Gasteiger partial charge in [0.1, 0.15) is 0 Å². The Labute approximate surface area is 100 Å². The topological polar surface area (TPSA) is 88.2 Å². The number of nitrogens with two attached hydrogens (primary N) is 1. The van der Waals surface area contributed by atoms with Crippen LogP contribution in [0.3, 0.4) is 0 Å². The van der Waals surface area contributed by atoms with E-state index in [0.717, 1.165) is 25.7 Å². The van der Waals surface area contributed by atoms with Crippen molar-refractivity contribution >= 4 is 11.6 Å². The minimum absolute atomic E-state index is 0.0362. The number of aliphatic hydroxyl groups excluding tert-OH is 1. The highest BCUT2D eigenvalue weighted by molar-refractivity contribution is 5.97. The van der Waals surface area contributed by atoms with E-state index in [1.807, 2.05) is 0 Å². The molecule has 0 saturated heterocycles. The van der Waals surface area contributed by atoms with Crippen LogP contribution >= 0.6 is 0 Å². The fourth-order valence-corrected chi connectivity index (χ4v) is 2.28. The Kier molecular flexibility index (Phi) is 3.28. The van der Waals surface area contributed by atoms with Crippen LogP contribution in [0.15, 0.2) is 18.3 Å². The number of amides is 1. The van der Waals surface area contributed by atoms with Gasteiger partial charge in [-0.2, -0.15) is 0 Å². The predicted octanol–water partition coefficient (Wildman–Crippen LogP) is 0.699. The third kappa shape index (κ3) is 2.39. The largest absolute Gasteiger partial charge is 0.397 e. The van der Waals surface area contributed by atoms with Crippen LogP contribution in [0.25, 0.3) is 0 Å². The van der Waals surface area contributed by atoms with E-state index >= 15 is 0 Å². The van der Waals surface area contributed by atoms with Crippen LogP contribution in [0.1, 0.15) is 36.2 Å². The summed E-state index contributed by atoms with van der Waals surface area (Å²) in [6, 6.07) is 3.33. The molecule has 0 bridgehead atoms. The third-order valence-electron chi connectivity index (χ3n) is 3.30.